The fraction of sp³-hybridized carbons (Fsp3) is 0.200. The van der Waals surface area contributed by atoms with Gasteiger partial charge in [0.2, 0.25) is 0 Å². The number of alkyl halides is 1. The van der Waals surface area contributed by atoms with E-state index in [9.17, 15) is 4.39 Å². The Hall–Kier alpha value is -1.26. The molecule has 0 saturated heterocycles. The van der Waals surface area contributed by atoms with Crippen LogP contribution in [0.25, 0.3) is 0 Å². The molecule has 2 nitrogen and oxygen atoms in total. The van der Waals surface area contributed by atoms with E-state index in [2.05, 4.69) is 15.9 Å². The van der Waals surface area contributed by atoms with Crippen LogP contribution in [0.4, 0.5) is 4.39 Å². The van der Waals surface area contributed by atoms with Crippen LogP contribution in [0.3, 0.4) is 0 Å². The lowest BCUT2D eigenvalue weighted by atomic mass is 10.0. The summed E-state index contributed by atoms with van der Waals surface area (Å²) in [4.78, 5) is 0. The van der Waals surface area contributed by atoms with Gasteiger partial charge < -0.3 is 9.47 Å². The molecule has 0 amide bonds. The minimum Gasteiger partial charge on any atom is -0.497 e. The number of rotatable bonds is 4. The molecule has 0 radical (unpaired) electrons. The van der Waals surface area contributed by atoms with Gasteiger partial charge >= 0.3 is 0 Å². The smallest absolute Gasteiger partial charge is 0.124 e. The van der Waals surface area contributed by atoms with Crippen molar-refractivity contribution in [3.05, 3.63) is 57.8 Å². The molecule has 0 N–H and O–H groups in total. The van der Waals surface area contributed by atoms with Crippen molar-refractivity contribution in [2.45, 2.75) is 5.38 Å². The van der Waals surface area contributed by atoms with Gasteiger partial charge in [-0.25, -0.2) is 4.39 Å². The second-order valence-electron chi connectivity index (χ2n) is 4.14. The zero-order valence-electron chi connectivity index (χ0n) is 11.0. The monoisotopic (exact) mass is 358 g/mol. The zero-order chi connectivity index (χ0) is 14.7. The van der Waals surface area contributed by atoms with Gasteiger partial charge in [-0.2, -0.15) is 0 Å². The standard InChI is InChI=1S/C15H13BrClFO2/c1-19-10-4-6-14(20-2)12(8-10)15(17)11-7-9(18)3-5-13(11)16/h3-8,15H,1-2H3. The van der Waals surface area contributed by atoms with Crippen LogP contribution in [0.5, 0.6) is 11.5 Å². The van der Waals surface area contributed by atoms with E-state index in [1.165, 1.54) is 12.1 Å². The van der Waals surface area contributed by atoms with E-state index in [1.807, 2.05) is 0 Å². The van der Waals surface area contributed by atoms with Crippen LogP contribution in [0.2, 0.25) is 0 Å². The molecule has 1 unspecified atom stereocenters. The van der Waals surface area contributed by atoms with E-state index < -0.39 is 5.38 Å². The lowest BCUT2D eigenvalue weighted by Gasteiger charge is -2.17. The molecule has 0 aromatic heterocycles. The summed E-state index contributed by atoms with van der Waals surface area (Å²) in [5, 5.41) is -0.551. The molecule has 0 fully saturated rings. The molecule has 0 aliphatic rings. The van der Waals surface area contributed by atoms with Gasteiger partial charge in [0.25, 0.3) is 0 Å². The fourth-order valence-electron chi connectivity index (χ4n) is 1.91. The van der Waals surface area contributed by atoms with Crippen molar-refractivity contribution in [1.82, 2.24) is 0 Å². The summed E-state index contributed by atoms with van der Waals surface area (Å²) in [6.45, 7) is 0. The maximum absolute atomic E-state index is 13.4. The highest BCUT2D eigenvalue weighted by Gasteiger charge is 2.19. The largest absolute Gasteiger partial charge is 0.497 e. The van der Waals surface area contributed by atoms with Crippen molar-refractivity contribution < 1.29 is 13.9 Å². The second-order valence-corrected chi connectivity index (χ2v) is 5.43. The Morgan fingerprint density at radius 3 is 2.45 bits per heavy atom. The van der Waals surface area contributed by atoms with Crippen molar-refractivity contribution in [2.75, 3.05) is 14.2 Å². The first-order valence-corrected chi connectivity index (χ1v) is 7.10. The summed E-state index contributed by atoms with van der Waals surface area (Å²) < 4.78 is 24.7. The SMILES string of the molecule is COc1ccc(OC)c(C(Cl)c2cc(F)ccc2Br)c1. The fourth-order valence-corrected chi connectivity index (χ4v) is 2.87. The Bertz CT molecular complexity index is 619. The molecule has 2 rings (SSSR count). The Labute approximate surface area is 130 Å². The minimum absolute atomic E-state index is 0.337. The normalized spacial score (nSPS) is 12.1. The van der Waals surface area contributed by atoms with E-state index in [4.69, 9.17) is 21.1 Å². The molecule has 2 aromatic rings. The van der Waals surface area contributed by atoms with Crippen LogP contribution in [0.1, 0.15) is 16.5 Å². The molecule has 106 valence electrons. The van der Waals surface area contributed by atoms with Crippen LogP contribution in [-0.4, -0.2) is 14.2 Å². The number of methoxy groups -OCH3 is 2. The lowest BCUT2D eigenvalue weighted by molar-refractivity contribution is 0.399. The average molecular weight is 360 g/mol. The number of benzene rings is 2. The van der Waals surface area contributed by atoms with E-state index in [1.54, 1.807) is 38.5 Å². The molecular weight excluding hydrogens is 347 g/mol. The summed E-state index contributed by atoms with van der Waals surface area (Å²) in [5.74, 6) is 0.955. The molecule has 20 heavy (non-hydrogen) atoms. The quantitative estimate of drug-likeness (QED) is 0.720. The highest BCUT2D eigenvalue weighted by atomic mass is 79.9. The predicted octanol–water partition coefficient (Wildman–Crippen LogP) is 4.93. The molecule has 2 aromatic carbocycles. The summed E-state index contributed by atoms with van der Waals surface area (Å²) in [5.41, 5.74) is 1.36. The van der Waals surface area contributed by atoms with Crippen LogP contribution < -0.4 is 9.47 Å². The van der Waals surface area contributed by atoms with E-state index in [-0.39, 0.29) is 5.82 Å². The minimum atomic E-state index is -0.551. The number of hydrogen-bond donors (Lipinski definition) is 0. The molecule has 5 heteroatoms. The Kier molecular flexibility index (Phi) is 4.89. The Morgan fingerprint density at radius 2 is 1.80 bits per heavy atom. The molecule has 0 spiro atoms. The first-order valence-electron chi connectivity index (χ1n) is 5.87. The summed E-state index contributed by atoms with van der Waals surface area (Å²) in [6, 6.07) is 9.75. The van der Waals surface area contributed by atoms with Crippen molar-refractivity contribution in [3.8, 4) is 11.5 Å². The van der Waals surface area contributed by atoms with Crippen molar-refractivity contribution in [2.24, 2.45) is 0 Å². The van der Waals surface area contributed by atoms with Gasteiger partial charge in [0, 0.05) is 10.0 Å². The lowest BCUT2D eigenvalue weighted by Crippen LogP contribution is -2.00. The molecule has 0 aliphatic heterocycles. The third kappa shape index (κ3) is 3.07. The van der Waals surface area contributed by atoms with Crippen molar-refractivity contribution in [1.29, 1.82) is 0 Å². The van der Waals surface area contributed by atoms with Gasteiger partial charge in [-0.15, -0.1) is 11.6 Å². The summed E-state index contributed by atoms with van der Waals surface area (Å²) in [7, 11) is 3.14. The molecule has 0 bridgehead atoms. The van der Waals surface area contributed by atoms with E-state index in [0.717, 1.165) is 10.0 Å². The molecule has 0 saturated carbocycles. The first kappa shape index (κ1) is 15.1. The van der Waals surface area contributed by atoms with Gasteiger partial charge in [0.15, 0.2) is 0 Å². The van der Waals surface area contributed by atoms with Crippen LogP contribution in [0.15, 0.2) is 40.9 Å². The second kappa shape index (κ2) is 6.46. The molecular formula is C15H13BrClFO2. The number of halogens is 3. The van der Waals surface area contributed by atoms with Crippen molar-refractivity contribution in [3.63, 3.8) is 0 Å². The topological polar surface area (TPSA) is 18.5 Å². The molecule has 0 aliphatic carbocycles. The van der Waals surface area contributed by atoms with Crippen LogP contribution in [0, 0.1) is 5.82 Å². The van der Waals surface area contributed by atoms with Gasteiger partial charge in [-0.3, -0.25) is 0 Å². The molecule has 0 heterocycles. The highest BCUT2D eigenvalue weighted by Crippen LogP contribution is 2.40. The average Bonchev–Trinajstić information content (AvgIpc) is 2.48. The van der Waals surface area contributed by atoms with Crippen LogP contribution >= 0.6 is 27.5 Å². The number of ether oxygens (including phenoxy) is 2. The van der Waals surface area contributed by atoms with Gasteiger partial charge in [0.1, 0.15) is 17.3 Å². The first-order chi connectivity index (χ1) is 9.56. The van der Waals surface area contributed by atoms with Gasteiger partial charge in [-0.05, 0) is 42.0 Å². The summed E-state index contributed by atoms with van der Waals surface area (Å²) >= 11 is 9.88. The van der Waals surface area contributed by atoms with Gasteiger partial charge in [0.05, 0.1) is 19.6 Å². The Morgan fingerprint density at radius 1 is 1.05 bits per heavy atom. The van der Waals surface area contributed by atoms with Crippen molar-refractivity contribution >= 4 is 27.5 Å². The third-order valence-corrected chi connectivity index (χ3v) is 4.13. The predicted molar refractivity (Wildman–Crippen MR) is 81.3 cm³/mol. The van der Waals surface area contributed by atoms with E-state index in [0.29, 0.717) is 17.1 Å². The number of hydrogen-bond acceptors (Lipinski definition) is 2. The molecule has 1 atom stereocenters. The maximum atomic E-state index is 13.4. The highest BCUT2D eigenvalue weighted by molar-refractivity contribution is 9.10. The third-order valence-electron chi connectivity index (χ3n) is 2.94. The Balaban J connectivity index is 2.51. The summed E-state index contributed by atoms with van der Waals surface area (Å²) in [6.07, 6.45) is 0. The maximum Gasteiger partial charge on any atom is 0.124 e. The van der Waals surface area contributed by atoms with Gasteiger partial charge in [-0.1, -0.05) is 15.9 Å². The van der Waals surface area contributed by atoms with E-state index >= 15 is 0 Å². The zero-order valence-corrected chi connectivity index (χ0v) is 13.3. The van der Waals surface area contributed by atoms with Crippen LogP contribution in [-0.2, 0) is 0 Å².